The number of likely N-dealkylation sites (N-methyl/N-ethyl adjacent to an activating group) is 1. The summed E-state index contributed by atoms with van der Waals surface area (Å²) in [5.74, 6) is -1.59. The summed E-state index contributed by atoms with van der Waals surface area (Å²) in [6.07, 6.45) is 0. The summed E-state index contributed by atoms with van der Waals surface area (Å²) in [6, 6.07) is 7.29. The SMILES string of the molecule is CC(C(=O)O)N(C)C(=O)CNC(=O)Nc1ccccc1. The lowest BCUT2D eigenvalue weighted by Crippen LogP contribution is -2.45. The van der Waals surface area contributed by atoms with Crippen molar-refractivity contribution in [2.75, 3.05) is 18.9 Å². The summed E-state index contributed by atoms with van der Waals surface area (Å²) < 4.78 is 0. The Bertz CT molecular complexity index is 490. The van der Waals surface area contributed by atoms with E-state index >= 15 is 0 Å². The first-order valence-corrected chi connectivity index (χ1v) is 6.00. The molecule has 3 amide bonds. The first-order chi connectivity index (χ1) is 9.41. The van der Waals surface area contributed by atoms with Gasteiger partial charge >= 0.3 is 12.0 Å². The Morgan fingerprint density at radius 1 is 1.25 bits per heavy atom. The highest BCUT2D eigenvalue weighted by Gasteiger charge is 2.21. The van der Waals surface area contributed by atoms with Crippen molar-refractivity contribution in [2.45, 2.75) is 13.0 Å². The first-order valence-electron chi connectivity index (χ1n) is 6.00. The Balaban J connectivity index is 2.41. The van der Waals surface area contributed by atoms with Gasteiger partial charge in [0.15, 0.2) is 0 Å². The second kappa shape index (κ2) is 7.13. The molecule has 0 saturated carbocycles. The molecule has 0 aliphatic heterocycles. The number of nitrogens with zero attached hydrogens (tertiary/aromatic N) is 1. The number of carboxylic acid groups (broad SMARTS) is 1. The molecule has 20 heavy (non-hydrogen) atoms. The van der Waals surface area contributed by atoms with Crippen molar-refractivity contribution in [2.24, 2.45) is 0 Å². The van der Waals surface area contributed by atoms with Crippen LogP contribution >= 0.6 is 0 Å². The fraction of sp³-hybridized carbons (Fsp3) is 0.308. The number of benzene rings is 1. The van der Waals surface area contributed by atoms with E-state index in [0.717, 1.165) is 4.90 Å². The molecule has 0 radical (unpaired) electrons. The maximum atomic E-state index is 11.7. The lowest BCUT2D eigenvalue weighted by Gasteiger charge is -2.21. The van der Waals surface area contributed by atoms with Crippen molar-refractivity contribution in [3.63, 3.8) is 0 Å². The van der Waals surface area contributed by atoms with Crippen molar-refractivity contribution >= 4 is 23.6 Å². The van der Waals surface area contributed by atoms with Crippen LogP contribution in [0.15, 0.2) is 30.3 Å². The van der Waals surface area contributed by atoms with Crippen LogP contribution in [0.4, 0.5) is 10.5 Å². The van der Waals surface area contributed by atoms with Crippen molar-refractivity contribution in [1.29, 1.82) is 0 Å². The fourth-order valence-corrected chi connectivity index (χ4v) is 1.36. The average molecular weight is 279 g/mol. The highest BCUT2D eigenvalue weighted by atomic mass is 16.4. The third-order valence-electron chi connectivity index (χ3n) is 2.76. The van der Waals surface area contributed by atoms with Crippen molar-refractivity contribution in [1.82, 2.24) is 10.2 Å². The van der Waals surface area contributed by atoms with Gasteiger partial charge in [-0.05, 0) is 19.1 Å². The van der Waals surface area contributed by atoms with E-state index in [9.17, 15) is 14.4 Å². The van der Waals surface area contributed by atoms with Crippen LogP contribution < -0.4 is 10.6 Å². The van der Waals surface area contributed by atoms with Crippen LogP contribution in [0.5, 0.6) is 0 Å². The molecular weight excluding hydrogens is 262 g/mol. The molecule has 7 heteroatoms. The zero-order valence-electron chi connectivity index (χ0n) is 11.3. The average Bonchev–Trinajstić information content (AvgIpc) is 2.44. The standard InChI is InChI=1S/C13H17N3O4/c1-9(12(18)19)16(2)11(17)8-14-13(20)15-10-6-4-3-5-7-10/h3-7,9H,8H2,1-2H3,(H,18,19)(H2,14,15,20). The van der Waals surface area contributed by atoms with E-state index in [0.29, 0.717) is 5.69 Å². The van der Waals surface area contributed by atoms with E-state index in [1.165, 1.54) is 14.0 Å². The second-order valence-electron chi connectivity index (χ2n) is 4.19. The maximum absolute atomic E-state index is 11.7. The number of carbonyl (C=O) groups is 3. The van der Waals surface area contributed by atoms with Gasteiger partial charge in [-0.25, -0.2) is 9.59 Å². The molecule has 0 aliphatic carbocycles. The zero-order chi connectivity index (χ0) is 15.1. The molecule has 0 spiro atoms. The number of amides is 3. The molecule has 7 nitrogen and oxygen atoms in total. The largest absolute Gasteiger partial charge is 0.480 e. The number of aliphatic carboxylic acids is 1. The number of carbonyl (C=O) groups excluding carboxylic acids is 2. The fourth-order valence-electron chi connectivity index (χ4n) is 1.36. The normalized spacial score (nSPS) is 11.3. The maximum Gasteiger partial charge on any atom is 0.326 e. The molecular formula is C13H17N3O4. The molecule has 3 N–H and O–H groups in total. The van der Waals surface area contributed by atoms with Crippen molar-refractivity contribution in [3.8, 4) is 0 Å². The number of hydrogen-bond donors (Lipinski definition) is 3. The van der Waals surface area contributed by atoms with Gasteiger partial charge in [-0.2, -0.15) is 0 Å². The lowest BCUT2D eigenvalue weighted by atomic mass is 10.3. The molecule has 0 bridgehead atoms. The van der Waals surface area contributed by atoms with Gasteiger partial charge < -0.3 is 20.6 Å². The van der Waals surface area contributed by atoms with Gasteiger partial charge in [0.25, 0.3) is 0 Å². The predicted octanol–water partition coefficient (Wildman–Crippen LogP) is 0.740. The summed E-state index contributed by atoms with van der Waals surface area (Å²) in [5, 5.41) is 13.7. The topological polar surface area (TPSA) is 98.7 Å². The number of para-hydroxylation sites is 1. The molecule has 1 rings (SSSR count). The summed E-state index contributed by atoms with van der Waals surface area (Å²) in [6.45, 7) is 1.12. The molecule has 0 heterocycles. The Morgan fingerprint density at radius 2 is 1.85 bits per heavy atom. The van der Waals surface area contributed by atoms with Gasteiger partial charge in [0.2, 0.25) is 5.91 Å². The summed E-state index contributed by atoms with van der Waals surface area (Å²) in [4.78, 5) is 35.0. The van der Waals surface area contributed by atoms with E-state index in [4.69, 9.17) is 5.11 Å². The number of nitrogens with one attached hydrogen (secondary N) is 2. The zero-order valence-corrected chi connectivity index (χ0v) is 11.3. The minimum atomic E-state index is -1.10. The van der Waals surface area contributed by atoms with Gasteiger partial charge in [-0.3, -0.25) is 4.79 Å². The highest BCUT2D eigenvalue weighted by molar-refractivity contribution is 5.92. The molecule has 0 saturated heterocycles. The first kappa shape index (κ1) is 15.5. The van der Waals surface area contributed by atoms with Gasteiger partial charge in [-0.15, -0.1) is 0 Å². The molecule has 1 aromatic carbocycles. The Morgan fingerprint density at radius 3 is 2.40 bits per heavy atom. The third kappa shape index (κ3) is 4.60. The second-order valence-corrected chi connectivity index (χ2v) is 4.19. The molecule has 0 aliphatic rings. The summed E-state index contributed by atoms with van der Waals surface area (Å²) >= 11 is 0. The van der Waals surface area contributed by atoms with Gasteiger partial charge in [0, 0.05) is 12.7 Å². The highest BCUT2D eigenvalue weighted by Crippen LogP contribution is 2.04. The van der Waals surface area contributed by atoms with Crippen LogP contribution in [0.25, 0.3) is 0 Å². The Hall–Kier alpha value is -2.57. The van der Waals surface area contributed by atoms with E-state index < -0.39 is 23.9 Å². The molecule has 1 unspecified atom stereocenters. The van der Waals surface area contributed by atoms with Crippen molar-refractivity contribution < 1.29 is 19.5 Å². The number of urea groups is 1. The van der Waals surface area contributed by atoms with Crippen LogP contribution in [0, 0.1) is 0 Å². The van der Waals surface area contributed by atoms with Crippen LogP contribution in [0.3, 0.4) is 0 Å². The molecule has 1 atom stereocenters. The predicted molar refractivity (Wildman–Crippen MR) is 73.3 cm³/mol. The van der Waals surface area contributed by atoms with Crippen molar-refractivity contribution in [3.05, 3.63) is 30.3 Å². The molecule has 108 valence electrons. The lowest BCUT2D eigenvalue weighted by molar-refractivity contribution is -0.147. The monoisotopic (exact) mass is 279 g/mol. The third-order valence-corrected chi connectivity index (χ3v) is 2.76. The van der Waals surface area contributed by atoms with Crippen LogP contribution in [-0.2, 0) is 9.59 Å². The van der Waals surface area contributed by atoms with E-state index in [-0.39, 0.29) is 6.54 Å². The van der Waals surface area contributed by atoms with Crippen LogP contribution in [-0.4, -0.2) is 47.5 Å². The number of carboxylic acids is 1. The Labute approximate surface area is 116 Å². The number of rotatable bonds is 5. The van der Waals surface area contributed by atoms with Gasteiger partial charge in [-0.1, -0.05) is 18.2 Å². The summed E-state index contributed by atoms with van der Waals surface area (Å²) in [5.41, 5.74) is 0.602. The minimum Gasteiger partial charge on any atom is -0.480 e. The molecule has 0 aromatic heterocycles. The molecule has 1 aromatic rings. The van der Waals surface area contributed by atoms with Gasteiger partial charge in [0.05, 0.1) is 6.54 Å². The van der Waals surface area contributed by atoms with E-state index in [1.807, 2.05) is 6.07 Å². The summed E-state index contributed by atoms with van der Waals surface area (Å²) in [7, 11) is 1.37. The quantitative estimate of drug-likeness (QED) is 0.740. The minimum absolute atomic E-state index is 0.271. The Kier molecular flexibility index (Phi) is 5.52. The van der Waals surface area contributed by atoms with Gasteiger partial charge in [0.1, 0.15) is 6.04 Å². The van der Waals surface area contributed by atoms with E-state index in [2.05, 4.69) is 10.6 Å². The number of hydrogen-bond acceptors (Lipinski definition) is 3. The molecule has 0 fully saturated rings. The van der Waals surface area contributed by atoms with Crippen LogP contribution in [0.1, 0.15) is 6.92 Å². The van der Waals surface area contributed by atoms with Crippen LogP contribution in [0.2, 0.25) is 0 Å². The number of anilines is 1. The van der Waals surface area contributed by atoms with E-state index in [1.54, 1.807) is 24.3 Å². The smallest absolute Gasteiger partial charge is 0.326 e.